The molecule has 3 aromatic rings. The first-order valence-corrected chi connectivity index (χ1v) is 12.0. The second-order valence-corrected chi connectivity index (χ2v) is 9.80. The van der Waals surface area contributed by atoms with E-state index in [4.69, 9.17) is 0 Å². The summed E-state index contributed by atoms with van der Waals surface area (Å²) in [5.74, 6) is 0. The predicted octanol–water partition coefficient (Wildman–Crippen LogP) is 2.28. The monoisotopic (exact) mass is 543 g/mol. The third-order valence-electron chi connectivity index (χ3n) is 5.31. The van der Waals surface area contributed by atoms with Gasteiger partial charge in [-0.1, -0.05) is 12.1 Å². The summed E-state index contributed by atoms with van der Waals surface area (Å²) in [6.45, 7) is 7.34. The summed E-state index contributed by atoms with van der Waals surface area (Å²) in [6, 6.07) is 16.0. The molecule has 0 N–H and O–H groups in total. The number of aromatic nitrogens is 1. The molecule has 0 aliphatic carbocycles. The molecule has 1 heterocycles. The first kappa shape index (κ1) is 27.6. The van der Waals surface area contributed by atoms with Crippen LogP contribution >= 0.6 is 11.3 Å². The van der Waals surface area contributed by atoms with Crippen LogP contribution in [0.15, 0.2) is 74.3 Å². The molecule has 0 radical (unpaired) electrons. The minimum absolute atomic E-state index is 0. The van der Waals surface area contributed by atoms with Gasteiger partial charge in [-0.2, -0.15) is 15.3 Å². The molecule has 0 aliphatic rings. The Hall–Kier alpha value is -2.62. The van der Waals surface area contributed by atoms with Gasteiger partial charge in [0.2, 0.25) is 4.80 Å². The summed E-state index contributed by atoms with van der Waals surface area (Å²) in [6.07, 6.45) is 1.74. The van der Waals surface area contributed by atoms with Crippen LogP contribution in [0.3, 0.4) is 0 Å². The molecule has 0 saturated carbocycles. The quantitative estimate of drug-likeness (QED) is 0.177. The van der Waals surface area contributed by atoms with E-state index in [0.29, 0.717) is 0 Å². The molecule has 0 amide bonds. The molecule has 3 rings (SSSR count). The van der Waals surface area contributed by atoms with Gasteiger partial charge >= 0.3 is 0 Å². The third kappa shape index (κ3) is 8.30. The normalized spacial score (nSPS) is 12.5. The molecule has 0 aliphatic heterocycles. The summed E-state index contributed by atoms with van der Waals surface area (Å²) in [5, 5.41) is 19.3. The van der Waals surface area contributed by atoms with Gasteiger partial charge in [0.1, 0.15) is 0 Å². The van der Waals surface area contributed by atoms with E-state index in [0.717, 1.165) is 45.9 Å². The van der Waals surface area contributed by atoms with E-state index in [1.807, 2.05) is 54.9 Å². The summed E-state index contributed by atoms with van der Waals surface area (Å²) in [4.78, 5) is 3.26. The highest BCUT2D eigenvalue weighted by Gasteiger charge is 2.11. The Balaban J connectivity index is 0.00000408. The van der Waals surface area contributed by atoms with E-state index in [2.05, 4.69) is 70.9 Å². The molecule has 34 heavy (non-hydrogen) atoms. The largest absolute Gasteiger partial charge is 1.00 e. The lowest BCUT2D eigenvalue weighted by Crippen LogP contribution is -3.00. The van der Waals surface area contributed by atoms with E-state index >= 15 is 0 Å². The molecule has 9 heteroatoms. The summed E-state index contributed by atoms with van der Waals surface area (Å²) < 4.78 is 2.97. The number of nitrogens with zero attached hydrogens (tertiary/aromatic N) is 7. The van der Waals surface area contributed by atoms with Crippen molar-refractivity contribution in [2.75, 3.05) is 45.7 Å². The van der Waals surface area contributed by atoms with Gasteiger partial charge in [0.25, 0.3) is 0 Å². The van der Waals surface area contributed by atoms with Crippen molar-refractivity contribution < 1.29 is 21.5 Å². The smallest absolute Gasteiger partial charge is 0.210 e. The maximum absolute atomic E-state index is 4.38. The molecule has 0 saturated heterocycles. The number of halogens is 1. The number of aryl methyl sites for hydroxylation is 1. The first-order chi connectivity index (χ1) is 15.7. The van der Waals surface area contributed by atoms with Crippen LogP contribution in [0.2, 0.25) is 0 Å². The number of thiazole rings is 1. The highest BCUT2D eigenvalue weighted by molar-refractivity contribution is 7.07. The number of hydrogen-bond donors (Lipinski definition) is 0. The number of hydrogen-bond acceptors (Lipinski definition) is 6. The van der Waals surface area contributed by atoms with Gasteiger partial charge in [0.05, 0.1) is 51.8 Å². The zero-order valence-electron chi connectivity index (χ0n) is 20.8. The van der Waals surface area contributed by atoms with Gasteiger partial charge in [-0.05, 0) is 55.8 Å². The van der Waals surface area contributed by atoms with Gasteiger partial charge in [0.15, 0.2) is 0 Å². The Bertz CT molecular complexity index is 1150. The van der Waals surface area contributed by atoms with Crippen molar-refractivity contribution in [3.63, 3.8) is 0 Å². The molecule has 0 atom stereocenters. The van der Waals surface area contributed by atoms with Crippen LogP contribution in [-0.4, -0.2) is 56.0 Å². The van der Waals surface area contributed by atoms with E-state index in [9.17, 15) is 0 Å². The van der Waals surface area contributed by atoms with Crippen molar-refractivity contribution in [3.05, 3.63) is 70.0 Å². The topological polar surface area (TPSA) is 57.6 Å². The lowest BCUT2D eigenvalue weighted by molar-refractivity contribution is -0.868. The molecular formula is C25H34BrN7S. The van der Waals surface area contributed by atoms with Crippen molar-refractivity contribution in [1.82, 2.24) is 4.57 Å². The fourth-order valence-electron chi connectivity index (χ4n) is 3.05. The van der Waals surface area contributed by atoms with E-state index in [1.54, 1.807) is 17.6 Å². The van der Waals surface area contributed by atoms with Gasteiger partial charge in [0, 0.05) is 30.4 Å². The molecule has 1 aromatic heterocycles. The van der Waals surface area contributed by atoms with Crippen molar-refractivity contribution in [2.24, 2.45) is 27.5 Å². The van der Waals surface area contributed by atoms with Crippen LogP contribution in [0, 0.1) is 6.92 Å². The molecule has 0 fully saturated rings. The van der Waals surface area contributed by atoms with Crippen molar-refractivity contribution in [3.8, 4) is 0 Å². The van der Waals surface area contributed by atoms with Gasteiger partial charge < -0.3 is 30.9 Å². The number of anilines is 1. The van der Waals surface area contributed by atoms with Crippen LogP contribution in [0.1, 0.15) is 18.2 Å². The number of benzene rings is 2. The van der Waals surface area contributed by atoms with Crippen molar-refractivity contribution in [1.29, 1.82) is 0 Å². The maximum Gasteiger partial charge on any atom is 0.210 e. The SMILES string of the molecule is CCN(CC[N+](C)(C)C)c1ccc(N=Nc2ccc(/C=N/N=c3\scc(C)n3C)cc2)cc1.[Br-]. The Kier molecular flexibility index (Phi) is 10.3. The van der Waals surface area contributed by atoms with Crippen LogP contribution in [0.25, 0.3) is 0 Å². The molecule has 0 spiro atoms. The third-order valence-corrected chi connectivity index (χ3v) is 6.34. The van der Waals surface area contributed by atoms with E-state index in [1.165, 1.54) is 11.4 Å². The number of rotatable bonds is 9. The zero-order chi connectivity index (χ0) is 23.8. The average molecular weight is 545 g/mol. The van der Waals surface area contributed by atoms with Gasteiger partial charge in [-0.25, -0.2) is 0 Å². The molecule has 0 unspecified atom stereocenters. The minimum Gasteiger partial charge on any atom is -1.00 e. The minimum atomic E-state index is 0. The number of likely N-dealkylation sites (N-methyl/N-ethyl adjacent to an activating group) is 2. The Labute approximate surface area is 217 Å². The van der Waals surface area contributed by atoms with Crippen LogP contribution in [0.4, 0.5) is 17.1 Å². The standard InChI is InChI=1S/C25H34N7S.BrH/c1-7-31(16-17-32(4,5)6)24-14-12-23(13-15-24)28-27-22-10-8-21(9-11-22)18-26-29-25-30(3)20(2)19-33-25;/h8-15,18-19H,7,16-17H2,1-6H3;1H/q+1;/p-1/b26-18+,28-27?,29-25-;. The predicted molar refractivity (Wildman–Crippen MR) is 139 cm³/mol. The summed E-state index contributed by atoms with van der Waals surface area (Å²) >= 11 is 1.58. The Morgan fingerprint density at radius 1 is 0.971 bits per heavy atom. The lowest BCUT2D eigenvalue weighted by Gasteiger charge is -2.29. The fraction of sp³-hybridized carbons (Fsp3) is 0.360. The lowest BCUT2D eigenvalue weighted by atomic mass is 10.2. The Morgan fingerprint density at radius 2 is 1.56 bits per heavy atom. The molecular weight excluding hydrogens is 510 g/mol. The van der Waals surface area contributed by atoms with E-state index < -0.39 is 0 Å². The van der Waals surface area contributed by atoms with Crippen molar-refractivity contribution in [2.45, 2.75) is 13.8 Å². The van der Waals surface area contributed by atoms with Gasteiger partial charge in [-0.15, -0.1) is 16.4 Å². The van der Waals surface area contributed by atoms with Crippen molar-refractivity contribution >= 4 is 34.6 Å². The van der Waals surface area contributed by atoms with E-state index in [-0.39, 0.29) is 17.0 Å². The van der Waals surface area contributed by atoms with Crippen LogP contribution in [0.5, 0.6) is 0 Å². The van der Waals surface area contributed by atoms with Gasteiger partial charge in [-0.3, -0.25) is 0 Å². The fourth-order valence-corrected chi connectivity index (χ4v) is 3.88. The molecule has 7 nitrogen and oxygen atoms in total. The molecule has 2 aromatic carbocycles. The van der Waals surface area contributed by atoms with Crippen LogP contribution in [-0.2, 0) is 7.05 Å². The molecule has 182 valence electrons. The number of azo groups is 1. The number of quaternary nitrogens is 1. The maximum atomic E-state index is 4.38. The second kappa shape index (κ2) is 12.7. The summed E-state index contributed by atoms with van der Waals surface area (Å²) in [7, 11) is 8.65. The highest BCUT2D eigenvalue weighted by atomic mass is 79.9. The molecule has 0 bridgehead atoms. The van der Waals surface area contributed by atoms with Crippen LogP contribution < -0.4 is 26.7 Å². The zero-order valence-corrected chi connectivity index (χ0v) is 23.2. The first-order valence-electron chi connectivity index (χ1n) is 11.1. The average Bonchev–Trinajstić information content (AvgIpc) is 3.11. The second-order valence-electron chi connectivity index (χ2n) is 8.96. The highest BCUT2D eigenvalue weighted by Crippen LogP contribution is 2.22. The summed E-state index contributed by atoms with van der Waals surface area (Å²) in [5.41, 5.74) is 4.98. The Morgan fingerprint density at radius 3 is 2.06 bits per heavy atom.